The Morgan fingerprint density at radius 2 is 2.00 bits per heavy atom. The summed E-state index contributed by atoms with van der Waals surface area (Å²) in [6.45, 7) is 7.42. The number of halogens is 1. The molecule has 0 fully saturated rings. The summed E-state index contributed by atoms with van der Waals surface area (Å²) in [6, 6.07) is 11.1. The van der Waals surface area contributed by atoms with E-state index in [1.807, 2.05) is 6.20 Å². The zero-order valence-electron chi connectivity index (χ0n) is 12.3. The summed E-state index contributed by atoms with van der Waals surface area (Å²) < 4.78 is 1.02. The molecule has 106 valence electrons. The molecule has 2 nitrogen and oxygen atoms in total. The topological polar surface area (TPSA) is 24.9 Å². The van der Waals surface area contributed by atoms with Crippen LogP contribution in [0.1, 0.15) is 35.3 Å². The van der Waals surface area contributed by atoms with Gasteiger partial charge in [0.2, 0.25) is 0 Å². The van der Waals surface area contributed by atoms with Gasteiger partial charge in [0.15, 0.2) is 0 Å². The Morgan fingerprint density at radius 1 is 1.20 bits per heavy atom. The molecule has 3 heteroatoms. The first-order chi connectivity index (χ1) is 9.60. The maximum absolute atomic E-state index is 4.49. The van der Waals surface area contributed by atoms with Crippen LogP contribution in [0.15, 0.2) is 41.0 Å². The number of hydrogen-bond donors (Lipinski definition) is 1. The number of likely N-dealkylation sites (N-methyl/N-ethyl adjacent to an activating group) is 1. The van der Waals surface area contributed by atoms with Crippen LogP contribution in [0.25, 0.3) is 0 Å². The van der Waals surface area contributed by atoms with Crippen LogP contribution < -0.4 is 5.32 Å². The molecule has 1 aromatic carbocycles. The van der Waals surface area contributed by atoms with Crippen LogP contribution in [0, 0.1) is 13.8 Å². The average molecular weight is 333 g/mol. The minimum absolute atomic E-state index is 0.313. The molecule has 0 spiro atoms. The van der Waals surface area contributed by atoms with Gasteiger partial charge in [0.25, 0.3) is 0 Å². The van der Waals surface area contributed by atoms with E-state index in [4.69, 9.17) is 0 Å². The lowest BCUT2D eigenvalue weighted by Gasteiger charge is -2.20. The van der Waals surface area contributed by atoms with Crippen molar-refractivity contribution in [1.82, 2.24) is 10.3 Å². The second-order valence-electron chi connectivity index (χ2n) is 5.14. The number of benzene rings is 1. The maximum atomic E-state index is 4.49. The second-order valence-corrected chi connectivity index (χ2v) is 6.06. The molecule has 20 heavy (non-hydrogen) atoms. The van der Waals surface area contributed by atoms with Crippen molar-refractivity contribution in [3.8, 4) is 0 Å². The summed E-state index contributed by atoms with van der Waals surface area (Å²) in [5.41, 5.74) is 5.12. The van der Waals surface area contributed by atoms with E-state index < -0.39 is 0 Å². The normalized spacial score (nSPS) is 12.4. The van der Waals surface area contributed by atoms with Crippen LogP contribution in [0.2, 0.25) is 0 Å². The quantitative estimate of drug-likeness (QED) is 0.880. The summed E-state index contributed by atoms with van der Waals surface area (Å²) in [4.78, 5) is 4.49. The van der Waals surface area contributed by atoms with Gasteiger partial charge in [0, 0.05) is 28.8 Å². The van der Waals surface area contributed by atoms with Crippen LogP contribution in [0.5, 0.6) is 0 Å². The predicted octanol–water partition coefficient (Wildman–Crippen LogP) is 4.35. The fourth-order valence-electron chi connectivity index (χ4n) is 2.41. The lowest BCUT2D eigenvalue weighted by Crippen LogP contribution is -2.24. The summed E-state index contributed by atoms with van der Waals surface area (Å²) in [5.74, 6) is 0. The molecule has 0 aliphatic heterocycles. The first-order valence-electron chi connectivity index (χ1n) is 7.01. The highest BCUT2D eigenvalue weighted by molar-refractivity contribution is 9.10. The van der Waals surface area contributed by atoms with Gasteiger partial charge in [0.1, 0.15) is 0 Å². The number of nitrogens with one attached hydrogen (secondary N) is 1. The van der Waals surface area contributed by atoms with Crippen LogP contribution >= 0.6 is 15.9 Å². The maximum Gasteiger partial charge on any atom is 0.0423 e. The Hall–Kier alpha value is -1.19. The lowest BCUT2D eigenvalue weighted by atomic mass is 9.95. The van der Waals surface area contributed by atoms with Gasteiger partial charge in [-0.05, 0) is 59.6 Å². The number of hydrogen-bond acceptors (Lipinski definition) is 2. The predicted molar refractivity (Wildman–Crippen MR) is 88.0 cm³/mol. The van der Waals surface area contributed by atoms with Gasteiger partial charge in [-0.25, -0.2) is 0 Å². The Morgan fingerprint density at radius 3 is 2.65 bits per heavy atom. The third-order valence-electron chi connectivity index (χ3n) is 3.46. The minimum atomic E-state index is 0.313. The Labute approximate surface area is 129 Å². The van der Waals surface area contributed by atoms with Gasteiger partial charge in [-0.1, -0.05) is 30.7 Å². The number of aromatic nitrogens is 1. The van der Waals surface area contributed by atoms with Crippen molar-refractivity contribution < 1.29 is 0 Å². The van der Waals surface area contributed by atoms with E-state index in [-0.39, 0.29) is 0 Å². The SMILES string of the molecule is CCNC(Cc1ccc(Br)cn1)c1cc(C)ccc1C. The largest absolute Gasteiger partial charge is 0.310 e. The molecule has 1 aromatic heterocycles. The highest BCUT2D eigenvalue weighted by Crippen LogP contribution is 2.23. The Bertz CT molecular complexity index is 564. The van der Waals surface area contributed by atoms with Crippen molar-refractivity contribution in [3.63, 3.8) is 0 Å². The first-order valence-corrected chi connectivity index (χ1v) is 7.80. The average Bonchev–Trinajstić information content (AvgIpc) is 2.43. The molecular formula is C17H21BrN2. The summed E-state index contributed by atoms with van der Waals surface area (Å²) in [5, 5.41) is 3.58. The fourth-order valence-corrected chi connectivity index (χ4v) is 2.64. The van der Waals surface area contributed by atoms with Crippen molar-refractivity contribution in [2.45, 2.75) is 33.2 Å². The molecule has 1 N–H and O–H groups in total. The number of nitrogens with zero attached hydrogens (tertiary/aromatic N) is 1. The van der Waals surface area contributed by atoms with Gasteiger partial charge in [-0.2, -0.15) is 0 Å². The Balaban J connectivity index is 2.26. The minimum Gasteiger partial charge on any atom is -0.310 e. The van der Waals surface area contributed by atoms with E-state index in [1.54, 1.807) is 0 Å². The second kappa shape index (κ2) is 7.00. The third-order valence-corrected chi connectivity index (χ3v) is 3.93. The molecule has 1 unspecified atom stereocenters. The molecule has 0 saturated carbocycles. The zero-order valence-corrected chi connectivity index (χ0v) is 13.9. The number of aryl methyl sites for hydroxylation is 2. The highest BCUT2D eigenvalue weighted by atomic mass is 79.9. The van der Waals surface area contributed by atoms with Crippen LogP contribution in [-0.2, 0) is 6.42 Å². The van der Waals surface area contributed by atoms with Gasteiger partial charge >= 0.3 is 0 Å². The van der Waals surface area contributed by atoms with E-state index in [0.29, 0.717) is 6.04 Å². The standard InChI is InChI=1S/C17H21BrN2/c1-4-19-17(10-15-8-7-14(18)11-20-15)16-9-12(2)5-6-13(16)3/h5-9,11,17,19H,4,10H2,1-3H3. The highest BCUT2D eigenvalue weighted by Gasteiger charge is 2.14. The molecule has 1 atom stereocenters. The molecular weight excluding hydrogens is 312 g/mol. The van der Waals surface area contributed by atoms with E-state index in [2.05, 4.69) is 77.3 Å². The third kappa shape index (κ3) is 3.90. The smallest absolute Gasteiger partial charge is 0.0423 e. The van der Waals surface area contributed by atoms with Crippen LogP contribution in [0.3, 0.4) is 0 Å². The number of rotatable bonds is 5. The molecule has 0 bridgehead atoms. The van der Waals surface area contributed by atoms with Gasteiger partial charge in [-0.15, -0.1) is 0 Å². The van der Waals surface area contributed by atoms with Crippen molar-refractivity contribution >= 4 is 15.9 Å². The molecule has 1 heterocycles. The molecule has 0 aliphatic rings. The van der Waals surface area contributed by atoms with Crippen LogP contribution in [0.4, 0.5) is 0 Å². The van der Waals surface area contributed by atoms with Crippen LogP contribution in [-0.4, -0.2) is 11.5 Å². The molecule has 0 amide bonds. The summed E-state index contributed by atoms with van der Waals surface area (Å²) in [6.07, 6.45) is 2.77. The molecule has 0 saturated heterocycles. The molecule has 2 rings (SSSR count). The molecule has 2 aromatic rings. The Kier molecular flexibility index (Phi) is 5.32. The number of pyridine rings is 1. The van der Waals surface area contributed by atoms with E-state index in [0.717, 1.165) is 23.1 Å². The van der Waals surface area contributed by atoms with Crippen molar-refractivity contribution in [2.75, 3.05) is 6.54 Å². The fraction of sp³-hybridized carbons (Fsp3) is 0.353. The lowest BCUT2D eigenvalue weighted by molar-refractivity contribution is 0.541. The van der Waals surface area contributed by atoms with Gasteiger partial charge in [-0.3, -0.25) is 4.98 Å². The zero-order chi connectivity index (χ0) is 14.5. The van der Waals surface area contributed by atoms with Crippen molar-refractivity contribution in [3.05, 3.63) is 63.4 Å². The van der Waals surface area contributed by atoms with Crippen molar-refractivity contribution in [1.29, 1.82) is 0 Å². The first kappa shape index (κ1) is 15.2. The monoisotopic (exact) mass is 332 g/mol. The van der Waals surface area contributed by atoms with Gasteiger partial charge < -0.3 is 5.32 Å². The summed E-state index contributed by atoms with van der Waals surface area (Å²) in [7, 11) is 0. The molecule has 0 radical (unpaired) electrons. The molecule has 0 aliphatic carbocycles. The van der Waals surface area contributed by atoms with E-state index in [9.17, 15) is 0 Å². The van der Waals surface area contributed by atoms with Crippen molar-refractivity contribution in [2.24, 2.45) is 0 Å². The van der Waals surface area contributed by atoms with E-state index >= 15 is 0 Å². The van der Waals surface area contributed by atoms with Gasteiger partial charge in [0.05, 0.1) is 0 Å². The summed E-state index contributed by atoms with van der Waals surface area (Å²) >= 11 is 3.43. The van der Waals surface area contributed by atoms with E-state index in [1.165, 1.54) is 16.7 Å².